The molecule has 1 aromatic carbocycles. The lowest BCUT2D eigenvalue weighted by atomic mass is 10.3. The second kappa shape index (κ2) is 6.67. The number of nitrogens with zero attached hydrogens (tertiary/aromatic N) is 2. The maximum atomic E-state index is 12.4. The highest BCUT2D eigenvalue weighted by atomic mass is 32.2. The molecule has 1 rings (SSSR count). The minimum Gasteiger partial charge on any atom is -0.393 e. The molecule has 1 aromatic rings. The Morgan fingerprint density at radius 3 is 2.50 bits per heavy atom. The lowest BCUT2D eigenvalue weighted by molar-refractivity contribution is -0.384. The summed E-state index contributed by atoms with van der Waals surface area (Å²) in [5, 5.41) is 10.8. The molecule has 0 fully saturated rings. The molecule has 7 nitrogen and oxygen atoms in total. The van der Waals surface area contributed by atoms with Gasteiger partial charge in [0.15, 0.2) is 0 Å². The van der Waals surface area contributed by atoms with Crippen molar-refractivity contribution in [1.29, 1.82) is 0 Å². The molecule has 0 aliphatic rings. The Kier molecular flexibility index (Phi) is 5.46. The molecule has 0 heterocycles. The Hall–Kier alpha value is -1.67. The topological polar surface area (TPSA) is 107 Å². The first kappa shape index (κ1) is 16.4. The second-order valence-electron chi connectivity index (χ2n) is 4.33. The fraction of sp³-hybridized carbons (Fsp3) is 0.500. The van der Waals surface area contributed by atoms with E-state index in [1.54, 1.807) is 6.92 Å². The standard InChI is InChI=1S/C12H19N3O4S/c1-3-5-8-14(4-2)20(18,19)10-6-7-11(13)12(9-10)15(16)17/h6-7,9H,3-5,8,13H2,1-2H3. The molecule has 112 valence electrons. The van der Waals surface area contributed by atoms with Crippen molar-refractivity contribution in [2.75, 3.05) is 18.8 Å². The lowest BCUT2D eigenvalue weighted by Gasteiger charge is -2.20. The molecule has 0 aliphatic heterocycles. The fourth-order valence-corrected chi connectivity index (χ4v) is 3.28. The smallest absolute Gasteiger partial charge is 0.293 e. The predicted molar refractivity (Wildman–Crippen MR) is 76.8 cm³/mol. The van der Waals surface area contributed by atoms with E-state index in [1.807, 2.05) is 6.92 Å². The number of hydrogen-bond donors (Lipinski definition) is 1. The van der Waals surface area contributed by atoms with Gasteiger partial charge in [-0.25, -0.2) is 8.42 Å². The van der Waals surface area contributed by atoms with Crippen LogP contribution < -0.4 is 5.73 Å². The van der Waals surface area contributed by atoms with E-state index in [9.17, 15) is 18.5 Å². The molecule has 0 amide bonds. The number of nitrogen functional groups attached to an aromatic ring is 1. The van der Waals surface area contributed by atoms with Crippen LogP contribution in [-0.4, -0.2) is 30.7 Å². The van der Waals surface area contributed by atoms with Gasteiger partial charge in [0.25, 0.3) is 5.69 Å². The summed E-state index contributed by atoms with van der Waals surface area (Å²) in [6, 6.07) is 3.56. The predicted octanol–water partition coefficient (Wildman–Crippen LogP) is 1.99. The largest absolute Gasteiger partial charge is 0.393 e. The Labute approximate surface area is 118 Å². The lowest BCUT2D eigenvalue weighted by Crippen LogP contribution is -2.31. The van der Waals surface area contributed by atoms with Gasteiger partial charge in [0.1, 0.15) is 5.69 Å². The van der Waals surface area contributed by atoms with Crippen LogP contribution in [0.1, 0.15) is 26.7 Å². The minimum atomic E-state index is -3.72. The number of nitro benzene ring substituents is 1. The Morgan fingerprint density at radius 1 is 1.35 bits per heavy atom. The van der Waals surface area contributed by atoms with Gasteiger partial charge in [-0.2, -0.15) is 4.31 Å². The van der Waals surface area contributed by atoms with Crippen LogP contribution in [0.3, 0.4) is 0 Å². The molecule has 8 heteroatoms. The summed E-state index contributed by atoms with van der Waals surface area (Å²) in [5.74, 6) is 0. The van der Waals surface area contributed by atoms with E-state index in [4.69, 9.17) is 5.73 Å². The van der Waals surface area contributed by atoms with Crippen molar-refractivity contribution in [3.63, 3.8) is 0 Å². The highest BCUT2D eigenvalue weighted by Crippen LogP contribution is 2.26. The molecule has 0 aromatic heterocycles. The van der Waals surface area contributed by atoms with Crippen molar-refractivity contribution >= 4 is 21.4 Å². The Balaban J connectivity index is 3.20. The molecule has 20 heavy (non-hydrogen) atoms. The van der Waals surface area contributed by atoms with E-state index in [0.29, 0.717) is 13.1 Å². The monoisotopic (exact) mass is 301 g/mol. The van der Waals surface area contributed by atoms with E-state index in [-0.39, 0.29) is 10.6 Å². The van der Waals surface area contributed by atoms with Gasteiger partial charge in [-0.15, -0.1) is 0 Å². The number of nitrogens with two attached hydrogens (primary N) is 1. The van der Waals surface area contributed by atoms with Crippen LogP contribution >= 0.6 is 0 Å². The van der Waals surface area contributed by atoms with Crippen LogP contribution in [0.4, 0.5) is 11.4 Å². The zero-order valence-electron chi connectivity index (χ0n) is 11.6. The van der Waals surface area contributed by atoms with E-state index in [1.165, 1.54) is 16.4 Å². The maximum absolute atomic E-state index is 12.4. The fourth-order valence-electron chi connectivity index (χ4n) is 1.77. The molecule has 0 atom stereocenters. The highest BCUT2D eigenvalue weighted by Gasteiger charge is 2.25. The molecule has 0 aliphatic carbocycles. The average molecular weight is 301 g/mol. The number of sulfonamides is 1. The highest BCUT2D eigenvalue weighted by molar-refractivity contribution is 7.89. The Bertz CT molecular complexity index is 586. The van der Waals surface area contributed by atoms with Gasteiger partial charge in [0.2, 0.25) is 10.0 Å². The van der Waals surface area contributed by atoms with Crippen LogP contribution in [0.25, 0.3) is 0 Å². The van der Waals surface area contributed by atoms with Crippen molar-refractivity contribution < 1.29 is 13.3 Å². The van der Waals surface area contributed by atoms with Gasteiger partial charge in [-0.1, -0.05) is 20.3 Å². The van der Waals surface area contributed by atoms with Crippen LogP contribution in [-0.2, 0) is 10.0 Å². The van der Waals surface area contributed by atoms with Gasteiger partial charge in [-0.3, -0.25) is 10.1 Å². The maximum Gasteiger partial charge on any atom is 0.293 e. The molecular formula is C12H19N3O4S. The number of hydrogen-bond acceptors (Lipinski definition) is 5. The molecule has 0 saturated carbocycles. The first-order valence-corrected chi connectivity index (χ1v) is 7.82. The summed E-state index contributed by atoms with van der Waals surface area (Å²) in [7, 11) is -3.72. The molecule has 0 unspecified atom stereocenters. The number of anilines is 1. The third kappa shape index (κ3) is 3.45. The molecular weight excluding hydrogens is 282 g/mol. The number of benzene rings is 1. The molecule has 0 radical (unpaired) electrons. The molecule has 0 saturated heterocycles. The van der Waals surface area contributed by atoms with Crippen LogP contribution in [0.15, 0.2) is 23.1 Å². The molecule has 0 bridgehead atoms. The van der Waals surface area contributed by atoms with Gasteiger partial charge in [-0.05, 0) is 18.6 Å². The van der Waals surface area contributed by atoms with Crippen molar-refractivity contribution in [2.24, 2.45) is 0 Å². The van der Waals surface area contributed by atoms with E-state index < -0.39 is 20.6 Å². The van der Waals surface area contributed by atoms with Gasteiger partial charge < -0.3 is 5.73 Å². The third-order valence-corrected chi connectivity index (χ3v) is 4.92. The molecule has 2 N–H and O–H groups in total. The first-order chi connectivity index (χ1) is 9.34. The second-order valence-corrected chi connectivity index (χ2v) is 6.27. The van der Waals surface area contributed by atoms with Crippen LogP contribution in [0.2, 0.25) is 0 Å². The minimum absolute atomic E-state index is 0.0504. The quantitative estimate of drug-likeness (QED) is 0.471. The zero-order valence-corrected chi connectivity index (χ0v) is 12.4. The van der Waals surface area contributed by atoms with Crippen molar-refractivity contribution in [3.05, 3.63) is 28.3 Å². The van der Waals surface area contributed by atoms with E-state index in [2.05, 4.69) is 0 Å². The Morgan fingerprint density at radius 2 is 2.00 bits per heavy atom. The molecule has 0 spiro atoms. The van der Waals surface area contributed by atoms with Crippen LogP contribution in [0.5, 0.6) is 0 Å². The number of unbranched alkanes of at least 4 members (excludes halogenated alkanes) is 1. The summed E-state index contributed by atoms with van der Waals surface area (Å²) in [6.45, 7) is 4.42. The summed E-state index contributed by atoms with van der Waals surface area (Å²) in [4.78, 5) is 10.0. The van der Waals surface area contributed by atoms with Crippen LogP contribution in [0, 0.1) is 10.1 Å². The number of rotatable bonds is 7. The van der Waals surface area contributed by atoms with Gasteiger partial charge >= 0.3 is 0 Å². The normalized spacial score (nSPS) is 11.8. The van der Waals surface area contributed by atoms with Gasteiger partial charge in [0, 0.05) is 19.2 Å². The zero-order chi connectivity index (χ0) is 15.3. The summed E-state index contributed by atoms with van der Waals surface area (Å²) >= 11 is 0. The van der Waals surface area contributed by atoms with E-state index in [0.717, 1.165) is 18.9 Å². The van der Waals surface area contributed by atoms with Crippen molar-refractivity contribution in [2.45, 2.75) is 31.6 Å². The SMILES string of the molecule is CCCCN(CC)S(=O)(=O)c1ccc(N)c([N+](=O)[O-])c1. The first-order valence-electron chi connectivity index (χ1n) is 6.38. The van der Waals surface area contributed by atoms with Crippen molar-refractivity contribution in [1.82, 2.24) is 4.31 Å². The third-order valence-electron chi connectivity index (χ3n) is 2.95. The van der Waals surface area contributed by atoms with Crippen molar-refractivity contribution in [3.8, 4) is 0 Å². The summed E-state index contributed by atoms with van der Waals surface area (Å²) < 4.78 is 26.1. The van der Waals surface area contributed by atoms with E-state index >= 15 is 0 Å². The summed E-state index contributed by atoms with van der Waals surface area (Å²) in [5.41, 5.74) is 5.03. The summed E-state index contributed by atoms with van der Waals surface area (Å²) in [6.07, 6.45) is 1.61. The van der Waals surface area contributed by atoms with Gasteiger partial charge in [0.05, 0.1) is 9.82 Å². The number of nitro groups is 1. The average Bonchev–Trinajstić information content (AvgIpc) is 2.39.